The Labute approximate surface area is 133 Å². The first-order chi connectivity index (χ1) is 10.9. The van der Waals surface area contributed by atoms with Crippen molar-refractivity contribution in [1.82, 2.24) is 4.90 Å². The molecular formula is C17H21F3N2O. The van der Waals surface area contributed by atoms with Gasteiger partial charge in [0.25, 0.3) is 5.91 Å². The second-order valence-electron chi connectivity index (χ2n) is 6.52. The fraction of sp³-hybridized carbons (Fsp3) is 0.588. The third kappa shape index (κ3) is 3.68. The molecule has 1 amide bonds. The van der Waals surface area contributed by atoms with E-state index in [-0.39, 0.29) is 12.0 Å². The molecule has 3 nitrogen and oxygen atoms in total. The number of fused-ring (bicyclic) bond motifs is 1. The van der Waals surface area contributed by atoms with Gasteiger partial charge < -0.3 is 10.6 Å². The molecule has 1 atom stereocenters. The van der Waals surface area contributed by atoms with Crippen molar-refractivity contribution in [1.29, 1.82) is 0 Å². The van der Waals surface area contributed by atoms with E-state index in [4.69, 9.17) is 5.73 Å². The van der Waals surface area contributed by atoms with E-state index in [2.05, 4.69) is 0 Å². The van der Waals surface area contributed by atoms with Crippen LogP contribution in [0.2, 0.25) is 0 Å². The average molecular weight is 326 g/mol. The van der Waals surface area contributed by atoms with Gasteiger partial charge >= 0.3 is 6.18 Å². The number of hydrogen-bond acceptors (Lipinski definition) is 2. The molecule has 23 heavy (non-hydrogen) atoms. The standard InChI is InChI=1S/C17H21F3N2O/c18-17(19,20)10-22(14-6-7-14)16(23)12-5-4-11-2-1-3-13(9-21)15(11)8-12/h4-5,8,13-14H,1-3,6-7,9-10,21H2. The minimum absolute atomic E-state index is 0.198. The van der Waals surface area contributed by atoms with Gasteiger partial charge in [0, 0.05) is 11.6 Å². The van der Waals surface area contributed by atoms with Crippen LogP contribution in [0.15, 0.2) is 18.2 Å². The second kappa shape index (κ2) is 6.15. The summed E-state index contributed by atoms with van der Waals surface area (Å²) in [7, 11) is 0. The highest BCUT2D eigenvalue weighted by Gasteiger charge is 2.41. The Hall–Kier alpha value is -1.56. The van der Waals surface area contributed by atoms with E-state index in [9.17, 15) is 18.0 Å². The van der Waals surface area contributed by atoms with Crippen molar-refractivity contribution in [2.75, 3.05) is 13.1 Å². The first-order valence-corrected chi connectivity index (χ1v) is 8.09. The summed E-state index contributed by atoms with van der Waals surface area (Å²) in [6.45, 7) is -0.673. The summed E-state index contributed by atoms with van der Waals surface area (Å²) in [5.41, 5.74) is 8.35. The molecule has 0 radical (unpaired) electrons. The van der Waals surface area contributed by atoms with E-state index in [0.29, 0.717) is 24.9 Å². The van der Waals surface area contributed by atoms with Crippen molar-refractivity contribution in [3.05, 3.63) is 34.9 Å². The maximum atomic E-state index is 12.7. The van der Waals surface area contributed by atoms with Crippen molar-refractivity contribution in [3.8, 4) is 0 Å². The highest BCUT2D eigenvalue weighted by atomic mass is 19.4. The van der Waals surface area contributed by atoms with E-state index >= 15 is 0 Å². The molecule has 0 aliphatic heterocycles. The average Bonchev–Trinajstić information content (AvgIpc) is 3.34. The van der Waals surface area contributed by atoms with Crippen LogP contribution in [0.25, 0.3) is 0 Å². The van der Waals surface area contributed by atoms with Gasteiger partial charge in [-0.15, -0.1) is 0 Å². The van der Waals surface area contributed by atoms with Crippen LogP contribution in [0, 0.1) is 0 Å². The number of carbonyl (C=O) groups is 1. The lowest BCUT2D eigenvalue weighted by Gasteiger charge is -2.27. The van der Waals surface area contributed by atoms with Gasteiger partial charge in [-0.2, -0.15) is 13.2 Å². The van der Waals surface area contributed by atoms with Crippen molar-refractivity contribution in [3.63, 3.8) is 0 Å². The zero-order valence-electron chi connectivity index (χ0n) is 12.9. The van der Waals surface area contributed by atoms with Crippen molar-refractivity contribution < 1.29 is 18.0 Å². The zero-order valence-corrected chi connectivity index (χ0v) is 12.9. The molecule has 0 saturated heterocycles. The van der Waals surface area contributed by atoms with E-state index < -0.39 is 18.6 Å². The molecule has 0 heterocycles. The van der Waals surface area contributed by atoms with Gasteiger partial charge in [0.1, 0.15) is 6.54 Å². The van der Waals surface area contributed by atoms with Crippen LogP contribution in [-0.4, -0.2) is 36.1 Å². The van der Waals surface area contributed by atoms with Crippen molar-refractivity contribution in [2.24, 2.45) is 5.73 Å². The van der Waals surface area contributed by atoms with Crippen molar-refractivity contribution >= 4 is 5.91 Å². The largest absolute Gasteiger partial charge is 0.406 e. The summed E-state index contributed by atoms with van der Waals surface area (Å²) in [5.74, 6) is -0.322. The Morgan fingerprint density at radius 1 is 1.26 bits per heavy atom. The summed E-state index contributed by atoms with van der Waals surface area (Å²) < 4.78 is 38.2. The predicted molar refractivity (Wildman–Crippen MR) is 81.3 cm³/mol. The number of amides is 1. The predicted octanol–water partition coefficient (Wildman–Crippen LogP) is 3.23. The number of hydrogen-bond donors (Lipinski definition) is 1. The molecule has 126 valence electrons. The van der Waals surface area contributed by atoms with Crippen LogP contribution in [0.1, 0.15) is 53.1 Å². The first-order valence-electron chi connectivity index (χ1n) is 8.09. The van der Waals surface area contributed by atoms with Crippen LogP contribution in [0.4, 0.5) is 13.2 Å². The molecule has 2 aliphatic rings. The molecule has 6 heteroatoms. The Balaban J connectivity index is 1.86. The van der Waals surface area contributed by atoms with Crippen LogP contribution in [0.3, 0.4) is 0 Å². The minimum atomic E-state index is -4.37. The Kier molecular flexibility index (Phi) is 4.36. The maximum absolute atomic E-state index is 12.7. The Morgan fingerprint density at radius 2 is 2.00 bits per heavy atom. The Bertz CT molecular complexity index is 596. The molecule has 3 rings (SSSR count). The minimum Gasteiger partial charge on any atom is -0.330 e. The molecule has 1 unspecified atom stereocenters. The number of benzene rings is 1. The SMILES string of the molecule is NCC1CCCc2ccc(C(=O)N(CC(F)(F)F)C3CC3)cc21. The molecule has 1 saturated carbocycles. The van der Waals surface area contributed by atoms with Gasteiger partial charge in [0.2, 0.25) is 0 Å². The van der Waals surface area contributed by atoms with Gasteiger partial charge in [0.15, 0.2) is 0 Å². The Morgan fingerprint density at radius 3 is 2.61 bits per heavy atom. The van der Waals surface area contributed by atoms with Crippen LogP contribution in [0.5, 0.6) is 0 Å². The van der Waals surface area contributed by atoms with Gasteiger partial charge in [-0.25, -0.2) is 0 Å². The lowest BCUT2D eigenvalue weighted by Crippen LogP contribution is -2.40. The molecule has 0 spiro atoms. The molecule has 1 fully saturated rings. The molecule has 2 N–H and O–H groups in total. The number of nitrogens with two attached hydrogens (primary N) is 1. The summed E-state index contributed by atoms with van der Waals surface area (Å²) in [6.07, 6.45) is -0.0989. The first kappa shape index (κ1) is 16.3. The van der Waals surface area contributed by atoms with Gasteiger partial charge in [0.05, 0.1) is 0 Å². The molecule has 1 aromatic rings. The number of rotatable bonds is 4. The fourth-order valence-corrected chi connectivity index (χ4v) is 3.39. The third-order valence-electron chi connectivity index (χ3n) is 4.71. The molecule has 1 aromatic carbocycles. The van der Waals surface area contributed by atoms with E-state index in [0.717, 1.165) is 35.3 Å². The summed E-state index contributed by atoms with van der Waals surface area (Å²) >= 11 is 0. The van der Waals surface area contributed by atoms with Gasteiger partial charge in [-0.1, -0.05) is 6.07 Å². The highest BCUT2D eigenvalue weighted by molar-refractivity contribution is 5.95. The number of alkyl halides is 3. The number of nitrogens with zero attached hydrogens (tertiary/aromatic N) is 1. The van der Waals surface area contributed by atoms with Crippen LogP contribution < -0.4 is 5.73 Å². The second-order valence-corrected chi connectivity index (χ2v) is 6.52. The molecule has 0 bridgehead atoms. The van der Waals surface area contributed by atoms with Crippen LogP contribution in [-0.2, 0) is 6.42 Å². The highest BCUT2D eigenvalue weighted by Crippen LogP contribution is 2.34. The summed E-state index contributed by atoms with van der Waals surface area (Å²) in [4.78, 5) is 13.6. The lowest BCUT2D eigenvalue weighted by atomic mass is 9.82. The van der Waals surface area contributed by atoms with Gasteiger partial charge in [-0.05, 0) is 67.8 Å². The monoisotopic (exact) mass is 326 g/mol. The third-order valence-corrected chi connectivity index (χ3v) is 4.71. The smallest absolute Gasteiger partial charge is 0.330 e. The molecule has 2 aliphatic carbocycles. The summed E-state index contributed by atoms with van der Waals surface area (Å²) in [5, 5.41) is 0. The topological polar surface area (TPSA) is 46.3 Å². The van der Waals surface area contributed by atoms with E-state index in [1.54, 1.807) is 12.1 Å². The quantitative estimate of drug-likeness (QED) is 0.923. The van der Waals surface area contributed by atoms with E-state index in [1.807, 2.05) is 6.07 Å². The number of aryl methyl sites for hydroxylation is 1. The van der Waals surface area contributed by atoms with Crippen molar-refractivity contribution in [2.45, 2.75) is 50.2 Å². The maximum Gasteiger partial charge on any atom is 0.406 e. The lowest BCUT2D eigenvalue weighted by molar-refractivity contribution is -0.141. The number of halogens is 3. The summed E-state index contributed by atoms with van der Waals surface area (Å²) in [6, 6.07) is 5.03. The molecular weight excluding hydrogens is 305 g/mol. The van der Waals surface area contributed by atoms with Crippen LogP contribution >= 0.6 is 0 Å². The zero-order chi connectivity index (χ0) is 16.6. The fourth-order valence-electron chi connectivity index (χ4n) is 3.39. The normalized spacial score (nSPS) is 21.0. The molecule has 0 aromatic heterocycles. The number of carbonyl (C=O) groups excluding carboxylic acids is 1. The van der Waals surface area contributed by atoms with Gasteiger partial charge in [-0.3, -0.25) is 4.79 Å². The van der Waals surface area contributed by atoms with E-state index in [1.165, 1.54) is 0 Å².